The molecule has 1 aromatic carbocycles. The van der Waals surface area contributed by atoms with Gasteiger partial charge in [0.25, 0.3) is 0 Å². The maximum absolute atomic E-state index is 12.9. The van der Waals surface area contributed by atoms with Gasteiger partial charge >= 0.3 is 5.97 Å². The molecule has 170 valence electrons. The number of halogens is 1. The van der Waals surface area contributed by atoms with Crippen molar-refractivity contribution in [3.63, 3.8) is 0 Å². The zero-order chi connectivity index (χ0) is 23.1. The lowest BCUT2D eigenvalue weighted by molar-refractivity contribution is -0.176. The minimum Gasteiger partial charge on any atom is -0.467 e. The molecule has 6 atom stereocenters. The summed E-state index contributed by atoms with van der Waals surface area (Å²) in [6.07, 6.45) is 3.04. The number of carbonyl (C=O) groups excluding carboxylic acids is 2. The topological polar surface area (TPSA) is 76.4 Å². The van der Waals surface area contributed by atoms with Gasteiger partial charge in [0.15, 0.2) is 5.78 Å². The number of alkyl halides is 1. The molecule has 0 aromatic heterocycles. The zero-order valence-electron chi connectivity index (χ0n) is 18.7. The lowest BCUT2D eigenvalue weighted by Crippen LogP contribution is -2.66. The van der Waals surface area contributed by atoms with E-state index in [1.807, 2.05) is 30.3 Å². The molecule has 0 bridgehead atoms. The standard InChI is InChI=1S/C26H30ClNO4/c1-17-9-10-19(32-15-18-7-5-4-6-8-18)22-24(2)13-12-21(29)26(27,23(30)31-3)20(24)11-14-25(17,22)16-28/h4-8,19-20,22H,1,9-15H2,2-3H3/t19-,20-,22-,24+,25-,26?/m0/s1. The highest BCUT2D eigenvalue weighted by Crippen LogP contribution is 2.67. The van der Waals surface area contributed by atoms with Crippen molar-refractivity contribution in [2.24, 2.45) is 22.7 Å². The summed E-state index contributed by atoms with van der Waals surface area (Å²) in [6, 6.07) is 12.6. The highest BCUT2D eigenvalue weighted by molar-refractivity contribution is 6.46. The van der Waals surface area contributed by atoms with Gasteiger partial charge < -0.3 is 9.47 Å². The van der Waals surface area contributed by atoms with Crippen LogP contribution >= 0.6 is 11.6 Å². The number of Topliss-reactive ketones (excluding diaryl/α,β-unsaturated/α-hetero) is 1. The Morgan fingerprint density at radius 1 is 1.25 bits per heavy atom. The molecule has 6 heteroatoms. The molecular formula is C26H30ClNO4. The fourth-order valence-corrected chi connectivity index (χ4v) is 7.32. The van der Waals surface area contributed by atoms with Crippen LogP contribution in [0.5, 0.6) is 0 Å². The number of ether oxygens (including phenoxy) is 2. The summed E-state index contributed by atoms with van der Waals surface area (Å²) in [5, 5.41) is 10.4. The minimum atomic E-state index is -1.72. The molecule has 3 fully saturated rings. The molecule has 5 nitrogen and oxygen atoms in total. The number of benzene rings is 1. The van der Waals surface area contributed by atoms with Gasteiger partial charge in [-0.05, 0) is 43.1 Å². The van der Waals surface area contributed by atoms with Crippen molar-refractivity contribution in [1.82, 2.24) is 0 Å². The van der Waals surface area contributed by atoms with Crippen molar-refractivity contribution in [3.05, 3.63) is 48.0 Å². The first-order valence-corrected chi connectivity index (χ1v) is 11.7. The molecule has 32 heavy (non-hydrogen) atoms. The smallest absolute Gasteiger partial charge is 0.334 e. The summed E-state index contributed by atoms with van der Waals surface area (Å²) in [7, 11) is 1.27. The summed E-state index contributed by atoms with van der Waals surface area (Å²) in [4.78, 5) is 24.0. The molecule has 0 heterocycles. The van der Waals surface area contributed by atoms with Crippen molar-refractivity contribution >= 4 is 23.4 Å². The molecule has 0 amide bonds. The van der Waals surface area contributed by atoms with Gasteiger partial charge in [-0.2, -0.15) is 5.26 Å². The van der Waals surface area contributed by atoms with Gasteiger partial charge in [0.1, 0.15) is 0 Å². The molecular weight excluding hydrogens is 426 g/mol. The highest BCUT2D eigenvalue weighted by atomic mass is 35.5. The van der Waals surface area contributed by atoms with E-state index in [-0.39, 0.29) is 24.2 Å². The van der Waals surface area contributed by atoms with E-state index < -0.39 is 27.6 Å². The Morgan fingerprint density at radius 3 is 2.62 bits per heavy atom. The molecule has 1 unspecified atom stereocenters. The number of fused-ring (bicyclic) bond motifs is 3. The number of allylic oxidation sites excluding steroid dienone is 1. The second-order valence-corrected chi connectivity index (χ2v) is 10.4. The molecule has 3 aliphatic rings. The summed E-state index contributed by atoms with van der Waals surface area (Å²) in [5.41, 5.74) is 0.707. The maximum atomic E-state index is 12.9. The Balaban J connectivity index is 1.76. The quantitative estimate of drug-likeness (QED) is 0.277. The summed E-state index contributed by atoms with van der Waals surface area (Å²) in [5.74, 6) is -1.61. The molecule has 3 aliphatic carbocycles. The number of rotatable bonds is 4. The van der Waals surface area contributed by atoms with Gasteiger partial charge in [0.2, 0.25) is 4.87 Å². The van der Waals surface area contributed by atoms with Crippen LogP contribution in [0.4, 0.5) is 0 Å². The van der Waals surface area contributed by atoms with E-state index in [4.69, 9.17) is 21.1 Å². The third kappa shape index (κ3) is 3.23. The highest BCUT2D eigenvalue weighted by Gasteiger charge is 2.69. The third-order valence-corrected chi connectivity index (χ3v) is 8.99. The van der Waals surface area contributed by atoms with Gasteiger partial charge in [-0.1, -0.05) is 61.0 Å². The Hall–Kier alpha value is -2.16. The number of hydrogen-bond acceptors (Lipinski definition) is 5. The van der Waals surface area contributed by atoms with E-state index in [1.54, 1.807) is 0 Å². The first kappa shape index (κ1) is 23.0. The van der Waals surface area contributed by atoms with Crippen molar-refractivity contribution in [1.29, 1.82) is 5.26 Å². The van der Waals surface area contributed by atoms with Gasteiger partial charge in [-0.25, -0.2) is 4.79 Å². The second kappa shape index (κ2) is 8.32. The van der Waals surface area contributed by atoms with Crippen LogP contribution in [0.15, 0.2) is 42.5 Å². The van der Waals surface area contributed by atoms with E-state index in [9.17, 15) is 14.9 Å². The van der Waals surface area contributed by atoms with Crippen LogP contribution in [-0.2, 0) is 25.7 Å². The number of nitrogens with zero attached hydrogens (tertiary/aromatic N) is 1. The number of esters is 1. The van der Waals surface area contributed by atoms with Crippen LogP contribution in [0.2, 0.25) is 0 Å². The van der Waals surface area contributed by atoms with E-state index in [1.165, 1.54) is 7.11 Å². The third-order valence-electron chi connectivity index (χ3n) is 8.36. The molecule has 0 spiro atoms. The van der Waals surface area contributed by atoms with Crippen LogP contribution in [0, 0.1) is 34.0 Å². The fraction of sp³-hybridized carbons (Fsp3) is 0.577. The monoisotopic (exact) mass is 455 g/mol. The van der Waals surface area contributed by atoms with Gasteiger partial charge in [-0.3, -0.25) is 4.79 Å². The maximum Gasteiger partial charge on any atom is 0.334 e. The van der Waals surface area contributed by atoms with E-state index in [2.05, 4.69) is 19.6 Å². The van der Waals surface area contributed by atoms with E-state index in [0.717, 1.165) is 24.0 Å². The first-order chi connectivity index (χ1) is 15.2. The van der Waals surface area contributed by atoms with E-state index >= 15 is 0 Å². The lowest BCUT2D eigenvalue weighted by atomic mass is 9.41. The molecule has 0 radical (unpaired) electrons. The number of carbonyl (C=O) groups is 2. The van der Waals surface area contributed by atoms with Crippen LogP contribution in [0.3, 0.4) is 0 Å². The lowest BCUT2D eigenvalue weighted by Gasteiger charge is -2.63. The Labute approximate surface area is 194 Å². The zero-order valence-corrected chi connectivity index (χ0v) is 19.5. The summed E-state index contributed by atoms with van der Waals surface area (Å²) >= 11 is 6.85. The minimum absolute atomic E-state index is 0.182. The summed E-state index contributed by atoms with van der Waals surface area (Å²) < 4.78 is 11.5. The van der Waals surface area contributed by atoms with Crippen molar-refractivity contribution in [2.75, 3.05) is 7.11 Å². The molecule has 3 saturated carbocycles. The fourth-order valence-electron chi connectivity index (χ4n) is 6.79. The number of hydrogen-bond donors (Lipinski definition) is 0. The van der Waals surface area contributed by atoms with Crippen molar-refractivity contribution < 1.29 is 19.1 Å². The van der Waals surface area contributed by atoms with Gasteiger partial charge in [0.05, 0.1) is 31.3 Å². The Bertz CT molecular complexity index is 962. The average Bonchev–Trinajstić information content (AvgIpc) is 2.81. The molecule has 4 rings (SSSR count). The van der Waals surface area contributed by atoms with Gasteiger partial charge in [-0.15, -0.1) is 0 Å². The van der Waals surface area contributed by atoms with Crippen LogP contribution < -0.4 is 0 Å². The number of methoxy groups -OCH3 is 1. The normalized spacial score (nSPS) is 38.9. The summed E-state index contributed by atoms with van der Waals surface area (Å²) in [6.45, 7) is 6.82. The van der Waals surface area contributed by atoms with Crippen molar-refractivity contribution in [3.8, 4) is 6.07 Å². The largest absolute Gasteiger partial charge is 0.467 e. The predicted molar refractivity (Wildman–Crippen MR) is 121 cm³/mol. The molecule has 1 aromatic rings. The molecule has 0 aliphatic heterocycles. The SMILES string of the molecule is C=C1CC[C@H](OCc2ccccc2)[C@H]2[C@]3(C)CCC(=O)C(Cl)(C(=O)OC)[C@H]3CC[C@]12C#N. The first-order valence-electron chi connectivity index (χ1n) is 11.3. The Morgan fingerprint density at radius 2 is 1.97 bits per heavy atom. The molecule has 0 N–H and O–H groups in total. The number of ketones is 1. The van der Waals surface area contributed by atoms with Crippen LogP contribution in [-0.4, -0.2) is 29.8 Å². The van der Waals surface area contributed by atoms with Crippen LogP contribution in [0.1, 0.15) is 51.0 Å². The Kier molecular flexibility index (Phi) is 5.98. The van der Waals surface area contributed by atoms with Crippen molar-refractivity contribution in [2.45, 2.75) is 63.0 Å². The number of nitriles is 1. The average molecular weight is 456 g/mol. The second-order valence-electron chi connectivity index (χ2n) is 9.76. The predicted octanol–water partition coefficient (Wildman–Crippen LogP) is 4.98. The van der Waals surface area contributed by atoms with Gasteiger partial charge in [0, 0.05) is 18.3 Å². The molecule has 0 saturated heterocycles. The van der Waals surface area contributed by atoms with Crippen LogP contribution in [0.25, 0.3) is 0 Å². The van der Waals surface area contributed by atoms with E-state index in [0.29, 0.717) is 25.9 Å².